The van der Waals surface area contributed by atoms with E-state index in [4.69, 9.17) is 0 Å². The molecule has 0 N–H and O–H groups in total. The monoisotopic (exact) mass is 368 g/mol. The highest BCUT2D eigenvalue weighted by Gasteiger charge is 2.23. The lowest BCUT2D eigenvalue weighted by Crippen LogP contribution is -2.49. The van der Waals surface area contributed by atoms with Crippen molar-refractivity contribution in [3.63, 3.8) is 0 Å². The Bertz CT molecular complexity index is 778. The standard InChI is InChI=1S/C22H32N4O/c1-17-16-18(2)26(23-17)20-8-6-19(7-9-20)21(27)25-14-12-24(13-15-25)11-10-22(3,4)5/h6-9,16H,10-15H2,1-5H3. The van der Waals surface area contributed by atoms with Crippen molar-refractivity contribution in [1.82, 2.24) is 19.6 Å². The Kier molecular flexibility index (Phi) is 5.70. The molecule has 0 saturated carbocycles. The van der Waals surface area contributed by atoms with Gasteiger partial charge in [-0.1, -0.05) is 20.8 Å². The molecule has 1 aromatic carbocycles. The SMILES string of the molecule is Cc1cc(C)n(-c2ccc(C(=O)N3CCN(CCC(C)(C)C)CC3)cc2)n1. The van der Waals surface area contributed by atoms with Gasteiger partial charge in [0, 0.05) is 37.4 Å². The molecular formula is C22H32N4O. The highest BCUT2D eigenvalue weighted by atomic mass is 16.2. The maximum Gasteiger partial charge on any atom is 0.253 e. The van der Waals surface area contributed by atoms with Crippen LogP contribution in [0.5, 0.6) is 0 Å². The van der Waals surface area contributed by atoms with Crippen molar-refractivity contribution in [2.24, 2.45) is 5.41 Å². The molecule has 1 saturated heterocycles. The Hall–Kier alpha value is -2.14. The van der Waals surface area contributed by atoms with E-state index < -0.39 is 0 Å². The van der Waals surface area contributed by atoms with Crippen molar-refractivity contribution in [3.05, 3.63) is 47.3 Å². The molecule has 0 radical (unpaired) electrons. The third-order valence-corrected chi connectivity index (χ3v) is 5.21. The van der Waals surface area contributed by atoms with Gasteiger partial charge in [-0.25, -0.2) is 4.68 Å². The summed E-state index contributed by atoms with van der Waals surface area (Å²) >= 11 is 0. The van der Waals surface area contributed by atoms with Gasteiger partial charge in [-0.05, 0) is 62.6 Å². The quantitative estimate of drug-likeness (QED) is 0.827. The summed E-state index contributed by atoms with van der Waals surface area (Å²) in [5.74, 6) is 0.130. The molecule has 146 valence electrons. The third kappa shape index (κ3) is 4.98. The summed E-state index contributed by atoms with van der Waals surface area (Å²) in [6.45, 7) is 15.5. The van der Waals surface area contributed by atoms with Crippen LogP contribution in [0, 0.1) is 19.3 Å². The van der Waals surface area contributed by atoms with Crippen LogP contribution >= 0.6 is 0 Å². The Balaban J connectivity index is 1.58. The van der Waals surface area contributed by atoms with Crippen LogP contribution in [0.1, 0.15) is 48.9 Å². The zero-order chi connectivity index (χ0) is 19.6. The van der Waals surface area contributed by atoms with Gasteiger partial charge in [-0.3, -0.25) is 9.69 Å². The number of amides is 1. The van der Waals surface area contributed by atoms with Crippen LogP contribution < -0.4 is 0 Å². The van der Waals surface area contributed by atoms with Crippen molar-refractivity contribution >= 4 is 5.91 Å². The number of benzene rings is 1. The van der Waals surface area contributed by atoms with Crippen molar-refractivity contribution in [3.8, 4) is 5.69 Å². The van der Waals surface area contributed by atoms with Crippen LogP contribution in [-0.4, -0.2) is 58.2 Å². The van der Waals surface area contributed by atoms with E-state index in [1.165, 1.54) is 6.42 Å². The maximum atomic E-state index is 12.8. The number of hydrogen-bond donors (Lipinski definition) is 0. The van der Waals surface area contributed by atoms with Gasteiger partial charge in [-0.15, -0.1) is 0 Å². The number of carbonyl (C=O) groups is 1. The Morgan fingerprint density at radius 1 is 1.04 bits per heavy atom. The van der Waals surface area contributed by atoms with E-state index in [1.54, 1.807) is 0 Å². The molecule has 1 aliphatic heterocycles. The molecule has 27 heavy (non-hydrogen) atoms. The Morgan fingerprint density at radius 3 is 2.19 bits per heavy atom. The van der Waals surface area contributed by atoms with E-state index in [9.17, 15) is 4.79 Å². The predicted molar refractivity (Wildman–Crippen MR) is 109 cm³/mol. The van der Waals surface area contributed by atoms with Gasteiger partial charge in [0.05, 0.1) is 11.4 Å². The highest BCUT2D eigenvalue weighted by molar-refractivity contribution is 5.94. The molecule has 0 spiro atoms. The first-order valence-corrected chi connectivity index (χ1v) is 9.88. The number of hydrogen-bond acceptors (Lipinski definition) is 3. The summed E-state index contributed by atoms with van der Waals surface area (Å²) in [6, 6.07) is 9.84. The summed E-state index contributed by atoms with van der Waals surface area (Å²) < 4.78 is 1.91. The fourth-order valence-corrected chi connectivity index (χ4v) is 3.49. The first-order chi connectivity index (χ1) is 12.7. The third-order valence-electron chi connectivity index (χ3n) is 5.21. The molecule has 0 bridgehead atoms. The number of nitrogens with zero attached hydrogens (tertiary/aromatic N) is 4. The normalized spacial score (nSPS) is 16.0. The van der Waals surface area contributed by atoms with E-state index >= 15 is 0 Å². The van der Waals surface area contributed by atoms with Crippen LogP contribution in [0.25, 0.3) is 5.69 Å². The molecule has 1 aliphatic rings. The summed E-state index contributed by atoms with van der Waals surface area (Å²) in [5, 5.41) is 4.50. The van der Waals surface area contributed by atoms with E-state index in [-0.39, 0.29) is 5.91 Å². The summed E-state index contributed by atoms with van der Waals surface area (Å²) in [6.07, 6.45) is 1.19. The zero-order valence-corrected chi connectivity index (χ0v) is 17.3. The number of aryl methyl sites for hydroxylation is 2. The van der Waals surface area contributed by atoms with Crippen LogP contribution in [0.4, 0.5) is 0 Å². The molecule has 1 fully saturated rings. The lowest BCUT2D eigenvalue weighted by Gasteiger charge is -2.36. The van der Waals surface area contributed by atoms with Gasteiger partial charge in [0.1, 0.15) is 0 Å². The second-order valence-corrected chi connectivity index (χ2v) is 8.83. The van der Waals surface area contributed by atoms with Crippen LogP contribution in [0.15, 0.2) is 30.3 Å². The van der Waals surface area contributed by atoms with Crippen molar-refractivity contribution in [2.45, 2.75) is 41.0 Å². The van der Waals surface area contributed by atoms with Crippen molar-refractivity contribution < 1.29 is 4.79 Å². The zero-order valence-electron chi connectivity index (χ0n) is 17.3. The van der Waals surface area contributed by atoms with E-state index in [2.05, 4.69) is 36.8 Å². The van der Waals surface area contributed by atoms with Crippen molar-refractivity contribution in [2.75, 3.05) is 32.7 Å². The fourth-order valence-electron chi connectivity index (χ4n) is 3.49. The summed E-state index contributed by atoms with van der Waals surface area (Å²) in [5.41, 5.74) is 4.20. The van der Waals surface area contributed by atoms with Crippen LogP contribution in [0.3, 0.4) is 0 Å². The summed E-state index contributed by atoms with van der Waals surface area (Å²) in [4.78, 5) is 17.3. The average Bonchev–Trinajstić information content (AvgIpc) is 2.97. The largest absolute Gasteiger partial charge is 0.336 e. The first kappa shape index (κ1) is 19.6. The molecule has 1 amide bonds. The average molecular weight is 369 g/mol. The minimum absolute atomic E-state index is 0.130. The molecule has 2 heterocycles. The summed E-state index contributed by atoms with van der Waals surface area (Å²) in [7, 11) is 0. The topological polar surface area (TPSA) is 41.4 Å². The second kappa shape index (κ2) is 7.85. The molecule has 0 aliphatic carbocycles. The molecule has 0 unspecified atom stereocenters. The number of rotatable bonds is 4. The van der Waals surface area contributed by atoms with E-state index in [0.29, 0.717) is 5.41 Å². The first-order valence-electron chi connectivity index (χ1n) is 9.88. The lowest BCUT2D eigenvalue weighted by atomic mass is 9.92. The lowest BCUT2D eigenvalue weighted by molar-refractivity contribution is 0.0623. The minimum atomic E-state index is 0.130. The minimum Gasteiger partial charge on any atom is -0.336 e. The van der Waals surface area contributed by atoms with Gasteiger partial charge in [-0.2, -0.15) is 5.10 Å². The van der Waals surface area contributed by atoms with E-state index in [1.807, 2.05) is 47.7 Å². The van der Waals surface area contributed by atoms with Crippen molar-refractivity contribution in [1.29, 1.82) is 0 Å². The fraction of sp³-hybridized carbons (Fsp3) is 0.545. The number of carbonyl (C=O) groups excluding carboxylic acids is 1. The smallest absolute Gasteiger partial charge is 0.253 e. The Labute approximate surface area is 163 Å². The maximum absolute atomic E-state index is 12.8. The molecule has 5 nitrogen and oxygen atoms in total. The molecule has 1 aromatic heterocycles. The van der Waals surface area contributed by atoms with Gasteiger partial charge in [0.2, 0.25) is 0 Å². The molecule has 3 rings (SSSR count). The molecule has 5 heteroatoms. The molecular weight excluding hydrogens is 336 g/mol. The van der Waals surface area contributed by atoms with Crippen LogP contribution in [0.2, 0.25) is 0 Å². The van der Waals surface area contributed by atoms with Gasteiger partial charge < -0.3 is 4.90 Å². The number of aromatic nitrogens is 2. The number of piperazine rings is 1. The highest BCUT2D eigenvalue weighted by Crippen LogP contribution is 2.20. The van der Waals surface area contributed by atoms with Gasteiger partial charge in [0.25, 0.3) is 5.91 Å². The molecule has 2 aromatic rings. The van der Waals surface area contributed by atoms with Crippen LogP contribution in [-0.2, 0) is 0 Å². The molecule has 0 atom stereocenters. The van der Waals surface area contributed by atoms with E-state index in [0.717, 1.165) is 55.4 Å². The Morgan fingerprint density at radius 2 is 1.67 bits per heavy atom. The van der Waals surface area contributed by atoms with Gasteiger partial charge >= 0.3 is 0 Å². The second-order valence-electron chi connectivity index (χ2n) is 8.83. The van der Waals surface area contributed by atoms with Gasteiger partial charge in [0.15, 0.2) is 0 Å². The predicted octanol–water partition coefficient (Wildman–Crippen LogP) is 3.68.